The Morgan fingerprint density at radius 3 is 2.25 bits per heavy atom. The average Bonchev–Trinajstić information content (AvgIpc) is 1.98. The minimum Gasteiger partial charge on any atom is -0.481 e. The van der Waals surface area contributed by atoms with Crippen LogP contribution in [0.1, 0.15) is 6.42 Å². The third kappa shape index (κ3) is 2.79. The Kier molecular flexibility index (Phi) is 4.14. The van der Waals surface area contributed by atoms with Crippen LogP contribution in [0, 0.1) is 18.3 Å². The number of nitrogens with one attached hydrogen (secondary N) is 1. The van der Waals surface area contributed by atoms with Crippen LogP contribution in [0.25, 0.3) is 0 Å². The van der Waals surface area contributed by atoms with Gasteiger partial charge in [-0.1, -0.05) is 0 Å². The zero-order chi connectivity index (χ0) is 9.72. The van der Waals surface area contributed by atoms with E-state index < -0.39 is 23.4 Å². The van der Waals surface area contributed by atoms with Gasteiger partial charge in [0.1, 0.15) is 5.92 Å². The molecule has 1 atom stereocenters. The van der Waals surface area contributed by atoms with E-state index in [0.717, 1.165) is 0 Å². The number of hydrogen-bond acceptors (Lipinski definition) is 4. The SMILES string of the molecule is [CH2]C(=O)C(=N)C(CCO)C(=O)O. The van der Waals surface area contributed by atoms with Gasteiger partial charge in [-0.3, -0.25) is 9.59 Å². The number of carbonyl (C=O) groups is 2. The van der Waals surface area contributed by atoms with Crippen LogP contribution in [0.3, 0.4) is 0 Å². The van der Waals surface area contributed by atoms with E-state index in [1.165, 1.54) is 0 Å². The van der Waals surface area contributed by atoms with Gasteiger partial charge in [0.15, 0.2) is 5.78 Å². The van der Waals surface area contributed by atoms with E-state index in [4.69, 9.17) is 15.6 Å². The molecule has 12 heavy (non-hydrogen) atoms. The van der Waals surface area contributed by atoms with Gasteiger partial charge < -0.3 is 15.6 Å². The first-order chi connectivity index (χ1) is 5.50. The molecule has 0 fully saturated rings. The highest BCUT2D eigenvalue weighted by atomic mass is 16.4. The van der Waals surface area contributed by atoms with E-state index in [-0.39, 0.29) is 13.0 Å². The third-order valence-electron chi connectivity index (χ3n) is 1.36. The van der Waals surface area contributed by atoms with Crippen molar-refractivity contribution in [2.45, 2.75) is 6.42 Å². The molecular formula is C7H10NO4. The lowest BCUT2D eigenvalue weighted by atomic mass is 9.97. The van der Waals surface area contributed by atoms with Gasteiger partial charge in [0.25, 0.3) is 0 Å². The van der Waals surface area contributed by atoms with Crippen LogP contribution < -0.4 is 0 Å². The van der Waals surface area contributed by atoms with Crippen LogP contribution in [0.15, 0.2) is 0 Å². The molecule has 1 radical (unpaired) electrons. The number of aliphatic carboxylic acids is 1. The number of carboxylic acid groups (broad SMARTS) is 1. The molecule has 67 valence electrons. The van der Waals surface area contributed by atoms with Crippen LogP contribution in [0.5, 0.6) is 0 Å². The van der Waals surface area contributed by atoms with Crippen molar-refractivity contribution in [3.05, 3.63) is 6.92 Å². The molecule has 0 rings (SSSR count). The first kappa shape index (κ1) is 10.8. The summed E-state index contributed by atoms with van der Waals surface area (Å²) >= 11 is 0. The van der Waals surface area contributed by atoms with Crippen molar-refractivity contribution in [2.75, 3.05) is 6.61 Å². The molecule has 5 heteroatoms. The summed E-state index contributed by atoms with van der Waals surface area (Å²) in [6.07, 6.45) is -0.130. The molecule has 5 nitrogen and oxygen atoms in total. The highest BCUT2D eigenvalue weighted by Gasteiger charge is 2.24. The van der Waals surface area contributed by atoms with Crippen LogP contribution in [-0.4, -0.2) is 34.3 Å². The number of rotatable bonds is 5. The van der Waals surface area contributed by atoms with Crippen LogP contribution in [0.2, 0.25) is 0 Å². The van der Waals surface area contributed by atoms with Crippen molar-refractivity contribution in [2.24, 2.45) is 5.92 Å². The van der Waals surface area contributed by atoms with Crippen LogP contribution in [-0.2, 0) is 9.59 Å². The Morgan fingerprint density at radius 1 is 1.50 bits per heavy atom. The third-order valence-corrected chi connectivity index (χ3v) is 1.36. The van der Waals surface area contributed by atoms with E-state index in [2.05, 4.69) is 6.92 Å². The first-order valence-electron chi connectivity index (χ1n) is 3.29. The summed E-state index contributed by atoms with van der Waals surface area (Å²) in [5.74, 6) is -3.35. The van der Waals surface area contributed by atoms with Gasteiger partial charge in [-0.2, -0.15) is 0 Å². The molecule has 0 aromatic carbocycles. The van der Waals surface area contributed by atoms with Crippen LogP contribution in [0.4, 0.5) is 0 Å². The molecule has 0 aliphatic heterocycles. The fourth-order valence-electron chi connectivity index (χ4n) is 0.715. The number of Topliss-reactive ketones (excluding diaryl/α,β-unsaturated/α-hetero) is 1. The standard InChI is InChI=1S/C7H10NO4/c1-4(10)6(8)5(2-3-9)7(11)12/h5,8-9H,1-3H2,(H,11,12). The average molecular weight is 172 g/mol. The van der Waals surface area contributed by atoms with Crippen LogP contribution >= 0.6 is 0 Å². The molecule has 1 unspecified atom stereocenters. The second-order valence-electron chi connectivity index (χ2n) is 2.24. The topological polar surface area (TPSA) is 98.5 Å². The van der Waals surface area contributed by atoms with Crippen molar-refractivity contribution >= 4 is 17.5 Å². The lowest BCUT2D eigenvalue weighted by Crippen LogP contribution is -2.29. The molecule has 0 amide bonds. The fourth-order valence-corrected chi connectivity index (χ4v) is 0.715. The van der Waals surface area contributed by atoms with Gasteiger partial charge in [-0.05, 0) is 6.42 Å². The maximum absolute atomic E-state index is 10.5. The smallest absolute Gasteiger partial charge is 0.312 e. The number of carbonyl (C=O) groups excluding carboxylic acids is 1. The summed E-state index contributed by atoms with van der Waals surface area (Å²) in [6.45, 7) is 2.55. The highest BCUT2D eigenvalue weighted by Crippen LogP contribution is 2.05. The van der Waals surface area contributed by atoms with Crippen molar-refractivity contribution in [1.82, 2.24) is 0 Å². The van der Waals surface area contributed by atoms with E-state index in [9.17, 15) is 9.59 Å². The number of aliphatic hydroxyl groups is 1. The van der Waals surface area contributed by atoms with Gasteiger partial charge >= 0.3 is 5.97 Å². The molecule has 0 aromatic rings. The molecule has 0 saturated heterocycles. The highest BCUT2D eigenvalue weighted by molar-refractivity contribution is 6.43. The molecule has 3 N–H and O–H groups in total. The summed E-state index contributed by atoms with van der Waals surface area (Å²) in [7, 11) is 0. The van der Waals surface area contributed by atoms with Gasteiger partial charge in [0, 0.05) is 13.5 Å². The molecule has 0 spiro atoms. The minimum atomic E-state index is -1.29. The molecule has 0 aliphatic carbocycles. The molecule has 0 aliphatic rings. The predicted octanol–water partition coefficient (Wildman–Crippen LogP) is -0.507. The summed E-state index contributed by atoms with van der Waals surface area (Å²) < 4.78 is 0. The zero-order valence-electron chi connectivity index (χ0n) is 6.41. The number of carboxylic acids is 1. The summed E-state index contributed by atoms with van der Waals surface area (Å²) in [5, 5.41) is 23.9. The van der Waals surface area contributed by atoms with E-state index in [1.807, 2.05) is 0 Å². The number of hydrogen-bond donors (Lipinski definition) is 3. The normalized spacial score (nSPS) is 12.2. The second kappa shape index (κ2) is 4.61. The number of aliphatic hydroxyl groups excluding tert-OH is 1. The van der Waals surface area contributed by atoms with Gasteiger partial charge in [0.05, 0.1) is 5.71 Å². The van der Waals surface area contributed by atoms with Crippen molar-refractivity contribution in [3.8, 4) is 0 Å². The first-order valence-corrected chi connectivity index (χ1v) is 3.29. The zero-order valence-corrected chi connectivity index (χ0v) is 6.41. The fraction of sp³-hybridized carbons (Fsp3) is 0.429. The quantitative estimate of drug-likeness (QED) is 0.486. The summed E-state index contributed by atoms with van der Waals surface area (Å²) in [6, 6.07) is 0. The Morgan fingerprint density at radius 2 is 2.00 bits per heavy atom. The van der Waals surface area contributed by atoms with E-state index in [0.29, 0.717) is 0 Å². The van der Waals surface area contributed by atoms with E-state index >= 15 is 0 Å². The van der Waals surface area contributed by atoms with Gasteiger partial charge in [0.2, 0.25) is 0 Å². The lowest BCUT2D eigenvalue weighted by Gasteiger charge is -2.08. The maximum Gasteiger partial charge on any atom is 0.312 e. The van der Waals surface area contributed by atoms with Crippen molar-refractivity contribution in [1.29, 1.82) is 5.41 Å². The van der Waals surface area contributed by atoms with Crippen molar-refractivity contribution in [3.63, 3.8) is 0 Å². The predicted molar refractivity (Wildman–Crippen MR) is 40.9 cm³/mol. The Balaban J connectivity index is 4.40. The minimum absolute atomic E-state index is 0.130. The Bertz CT molecular complexity index is 211. The molecule has 0 saturated carbocycles. The lowest BCUT2D eigenvalue weighted by molar-refractivity contribution is -0.140. The largest absolute Gasteiger partial charge is 0.481 e. The van der Waals surface area contributed by atoms with E-state index in [1.54, 1.807) is 0 Å². The van der Waals surface area contributed by atoms with Gasteiger partial charge in [-0.15, -0.1) is 0 Å². The Labute approximate surface area is 69.5 Å². The summed E-state index contributed by atoms with van der Waals surface area (Å²) in [5.41, 5.74) is -0.573. The van der Waals surface area contributed by atoms with Crippen molar-refractivity contribution < 1.29 is 19.8 Å². The Hall–Kier alpha value is -1.23. The monoisotopic (exact) mass is 172 g/mol. The molecular weight excluding hydrogens is 162 g/mol. The molecule has 0 aromatic heterocycles. The summed E-state index contributed by atoms with van der Waals surface area (Å²) in [4.78, 5) is 20.9. The maximum atomic E-state index is 10.5. The molecule has 0 bridgehead atoms. The number of ketones is 1. The molecule has 0 heterocycles. The second-order valence-corrected chi connectivity index (χ2v) is 2.24. The van der Waals surface area contributed by atoms with Gasteiger partial charge in [-0.25, -0.2) is 0 Å².